The topological polar surface area (TPSA) is 90.4 Å². The lowest BCUT2D eigenvalue weighted by Crippen LogP contribution is -2.32. The number of hydroxylamine groups is 1. The van der Waals surface area contributed by atoms with Crippen LogP contribution >= 0.6 is 9.24 Å². The molecule has 0 aliphatic rings. The Balaban J connectivity index is 3.88. The predicted octanol–water partition coefficient (Wildman–Crippen LogP) is 0.00330. The molecule has 5 nitrogen and oxygen atoms in total. The molecule has 5 N–H and O–H groups in total. The van der Waals surface area contributed by atoms with E-state index in [1.807, 2.05) is 0 Å². The molecule has 96 valence electrons. The van der Waals surface area contributed by atoms with Crippen LogP contribution in [-0.2, 0) is 9.63 Å². The third kappa shape index (κ3) is 7.99. The zero-order chi connectivity index (χ0) is 12.2. The van der Waals surface area contributed by atoms with E-state index < -0.39 is 0 Å². The van der Waals surface area contributed by atoms with Gasteiger partial charge in [-0.15, -0.1) is 9.24 Å². The summed E-state index contributed by atoms with van der Waals surface area (Å²) in [6.45, 7) is 1.73. The second kappa shape index (κ2) is 11.3. The van der Waals surface area contributed by atoms with Gasteiger partial charge in [0.2, 0.25) is 5.91 Å². The smallest absolute Gasteiger partial charge is 0.246 e. The van der Waals surface area contributed by atoms with Crippen LogP contribution < -0.4 is 16.9 Å². The number of amides is 1. The molecule has 0 aromatic rings. The van der Waals surface area contributed by atoms with Gasteiger partial charge in [-0.3, -0.25) is 9.63 Å². The molecule has 0 aliphatic carbocycles. The van der Waals surface area contributed by atoms with Crippen molar-refractivity contribution in [1.29, 1.82) is 0 Å². The molecule has 6 heteroatoms. The number of hydrogen-bond acceptors (Lipinski definition) is 4. The number of nitrogens with one attached hydrogen (secondary N) is 1. The fourth-order valence-electron chi connectivity index (χ4n) is 1.40. The van der Waals surface area contributed by atoms with Gasteiger partial charge < -0.3 is 11.5 Å². The Kier molecular flexibility index (Phi) is 11.1. The van der Waals surface area contributed by atoms with Crippen LogP contribution in [0.15, 0.2) is 0 Å². The van der Waals surface area contributed by atoms with Crippen molar-refractivity contribution in [2.75, 3.05) is 25.9 Å². The monoisotopic (exact) mass is 249 g/mol. The van der Waals surface area contributed by atoms with Gasteiger partial charge in [0.05, 0.1) is 6.61 Å². The number of carbonyl (C=O) groups excluding carboxylic acids is 1. The summed E-state index contributed by atoms with van der Waals surface area (Å²) in [6.07, 6.45) is 4.11. The van der Waals surface area contributed by atoms with Crippen molar-refractivity contribution >= 4 is 15.1 Å². The van der Waals surface area contributed by atoms with Crippen molar-refractivity contribution < 1.29 is 9.63 Å². The Morgan fingerprint density at radius 3 is 2.25 bits per heavy atom. The Morgan fingerprint density at radius 1 is 1.25 bits per heavy atom. The van der Waals surface area contributed by atoms with Crippen LogP contribution in [0.5, 0.6) is 0 Å². The van der Waals surface area contributed by atoms with E-state index >= 15 is 0 Å². The van der Waals surface area contributed by atoms with Crippen molar-refractivity contribution in [3.8, 4) is 0 Å². The lowest BCUT2D eigenvalue weighted by Gasteiger charge is -2.15. The van der Waals surface area contributed by atoms with Crippen LogP contribution in [-0.4, -0.2) is 31.8 Å². The molecular formula is C10H24N3O2P. The molecule has 0 saturated heterocycles. The lowest BCUT2D eigenvalue weighted by molar-refractivity contribution is -0.137. The van der Waals surface area contributed by atoms with Crippen molar-refractivity contribution in [3.63, 3.8) is 0 Å². The largest absolute Gasteiger partial charge is 0.330 e. The van der Waals surface area contributed by atoms with E-state index in [4.69, 9.17) is 16.3 Å². The standard InChI is InChI=1S/C10H24N3O2P/c11-5-1-3-9(4-2-6-12)10(14)13-15-7-8-16/h9H,1-8,11-12,16H2,(H,13,14). The average Bonchev–Trinajstić information content (AvgIpc) is 2.29. The van der Waals surface area contributed by atoms with Crippen LogP contribution in [0, 0.1) is 5.92 Å². The van der Waals surface area contributed by atoms with Crippen LogP contribution in [0.2, 0.25) is 0 Å². The molecular weight excluding hydrogens is 225 g/mol. The first-order chi connectivity index (χ1) is 7.76. The van der Waals surface area contributed by atoms with Gasteiger partial charge in [-0.1, -0.05) is 0 Å². The van der Waals surface area contributed by atoms with Crippen LogP contribution in [0.4, 0.5) is 0 Å². The summed E-state index contributed by atoms with van der Waals surface area (Å²) in [5.41, 5.74) is 13.3. The molecule has 0 saturated carbocycles. The van der Waals surface area contributed by atoms with E-state index in [1.165, 1.54) is 0 Å². The van der Waals surface area contributed by atoms with Crippen molar-refractivity contribution in [3.05, 3.63) is 0 Å². The molecule has 0 aromatic carbocycles. The first-order valence-corrected chi connectivity index (χ1v) is 6.59. The molecule has 1 unspecified atom stereocenters. The maximum atomic E-state index is 11.7. The van der Waals surface area contributed by atoms with Gasteiger partial charge in [-0.2, -0.15) is 0 Å². The molecule has 0 aliphatic heterocycles. The van der Waals surface area contributed by atoms with Gasteiger partial charge in [0.25, 0.3) is 0 Å². The van der Waals surface area contributed by atoms with Gasteiger partial charge in [0.1, 0.15) is 0 Å². The van der Waals surface area contributed by atoms with Gasteiger partial charge in [0.15, 0.2) is 0 Å². The summed E-state index contributed by atoms with van der Waals surface area (Å²) in [5.74, 6) is -0.0861. The minimum Gasteiger partial charge on any atom is -0.330 e. The minimum atomic E-state index is -0.0552. The fourth-order valence-corrected chi connectivity index (χ4v) is 1.52. The van der Waals surface area contributed by atoms with Gasteiger partial charge >= 0.3 is 0 Å². The first kappa shape index (κ1) is 15.8. The first-order valence-electron chi connectivity index (χ1n) is 5.78. The predicted molar refractivity (Wildman–Crippen MR) is 68.7 cm³/mol. The second-order valence-electron chi connectivity index (χ2n) is 3.66. The molecule has 0 rings (SSSR count). The summed E-state index contributed by atoms with van der Waals surface area (Å²) < 4.78 is 0. The van der Waals surface area contributed by atoms with E-state index in [2.05, 4.69) is 14.7 Å². The quantitative estimate of drug-likeness (QED) is 0.289. The molecule has 1 atom stereocenters. The summed E-state index contributed by atoms with van der Waals surface area (Å²) >= 11 is 0. The van der Waals surface area contributed by atoms with E-state index in [1.54, 1.807) is 0 Å². The molecule has 0 aromatic heterocycles. The Morgan fingerprint density at radius 2 is 1.81 bits per heavy atom. The zero-order valence-electron chi connectivity index (χ0n) is 9.78. The fraction of sp³-hybridized carbons (Fsp3) is 0.900. The maximum absolute atomic E-state index is 11.7. The number of carbonyl (C=O) groups is 1. The third-order valence-electron chi connectivity index (χ3n) is 2.28. The highest BCUT2D eigenvalue weighted by molar-refractivity contribution is 7.16. The number of nitrogens with two attached hydrogens (primary N) is 2. The van der Waals surface area contributed by atoms with E-state index in [9.17, 15) is 4.79 Å². The minimum absolute atomic E-state index is 0.0309. The molecule has 16 heavy (non-hydrogen) atoms. The van der Waals surface area contributed by atoms with Crippen molar-refractivity contribution in [2.45, 2.75) is 25.7 Å². The maximum Gasteiger partial charge on any atom is 0.246 e. The molecule has 0 heterocycles. The lowest BCUT2D eigenvalue weighted by atomic mass is 9.97. The van der Waals surface area contributed by atoms with Crippen molar-refractivity contribution in [2.24, 2.45) is 17.4 Å². The summed E-state index contributed by atoms with van der Waals surface area (Å²) in [6, 6.07) is 0. The number of hydrogen-bond donors (Lipinski definition) is 3. The van der Waals surface area contributed by atoms with E-state index in [0.717, 1.165) is 31.8 Å². The molecule has 1 amide bonds. The molecule has 0 fully saturated rings. The molecule has 0 spiro atoms. The Hall–Kier alpha value is -0.220. The van der Waals surface area contributed by atoms with Gasteiger partial charge in [-0.25, -0.2) is 5.48 Å². The van der Waals surface area contributed by atoms with Crippen molar-refractivity contribution in [1.82, 2.24) is 5.48 Å². The molecule has 0 bridgehead atoms. The summed E-state index contributed by atoms with van der Waals surface area (Å²) in [7, 11) is 2.53. The Labute approximate surface area is 99.8 Å². The number of rotatable bonds is 10. The summed E-state index contributed by atoms with van der Waals surface area (Å²) in [4.78, 5) is 16.7. The van der Waals surface area contributed by atoms with E-state index in [-0.39, 0.29) is 11.8 Å². The van der Waals surface area contributed by atoms with Gasteiger partial charge in [-0.05, 0) is 44.9 Å². The second-order valence-corrected chi connectivity index (χ2v) is 4.24. The van der Waals surface area contributed by atoms with Gasteiger partial charge in [0, 0.05) is 5.92 Å². The normalized spacial score (nSPS) is 10.8. The summed E-state index contributed by atoms with van der Waals surface area (Å²) in [5, 5.41) is 0. The molecule has 0 radical (unpaired) electrons. The average molecular weight is 249 g/mol. The Bertz CT molecular complexity index is 173. The highest BCUT2D eigenvalue weighted by Gasteiger charge is 2.17. The van der Waals surface area contributed by atoms with E-state index in [0.29, 0.717) is 19.7 Å². The highest BCUT2D eigenvalue weighted by Crippen LogP contribution is 2.13. The SMILES string of the molecule is NCCCC(CCCN)C(=O)NOCCP. The van der Waals surface area contributed by atoms with Crippen LogP contribution in [0.3, 0.4) is 0 Å². The van der Waals surface area contributed by atoms with Crippen LogP contribution in [0.25, 0.3) is 0 Å². The third-order valence-corrected chi connectivity index (χ3v) is 2.51. The van der Waals surface area contributed by atoms with Crippen LogP contribution in [0.1, 0.15) is 25.7 Å². The highest BCUT2D eigenvalue weighted by atomic mass is 31.0. The zero-order valence-corrected chi connectivity index (χ0v) is 10.9.